The summed E-state index contributed by atoms with van der Waals surface area (Å²) in [7, 11) is 0. The largest absolute Gasteiger partial charge is 0.300 e. The van der Waals surface area contributed by atoms with Crippen molar-refractivity contribution in [1.82, 2.24) is 9.80 Å². The zero-order chi connectivity index (χ0) is 16.1. The predicted molar refractivity (Wildman–Crippen MR) is 105 cm³/mol. The summed E-state index contributed by atoms with van der Waals surface area (Å²) in [5, 5.41) is 0. The SMILES string of the molecule is SC(S)N1CCN(CCc2ccc(-c3ccccc3)cc2)CC1. The predicted octanol–water partition coefficient (Wildman–Crippen LogP) is 3.66. The molecule has 23 heavy (non-hydrogen) atoms. The lowest BCUT2D eigenvalue weighted by molar-refractivity contribution is 0.144. The summed E-state index contributed by atoms with van der Waals surface area (Å²) in [5.74, 6) is 0. The van der Waals surface area contributed by atoms with E-state index in [1.807, 2.05) is 0 Å². The molecule has 0 bridgehead atoms. The maximum atomic E-state index is 4.39. The highest BCUT2D eigenvalue weighted by Gasteiger charge is 2.19. The summed E-state index contributed by atoms with van der Waals surface area (Å²) in [6.07, 6.45) is 1.11. The van der Waals surface area contributed by atoms with E-state index in [1.54, 1.807) is 0 Å². The van der Waals surface area contributed by atoms with E-state index in [1.165, 1.54) is 16.7 Å². The van der Waals surface area contributed by atoms with E-state index in [4.69, 9.17) is 0 Å². The van der Waals surface area contributed by atoms with Crippen LogP contribution in [0.2, 0.25) is 0 Å². The quantitative estimate of drug-likeness (QED) is 0.631. The van der Waals surface area contributed by atoms with Crippen LogP contribution in [0.4, 0.5) is 0 Å². The summed E-state index contributed by atoms with van der Waals surface area (Å²) >= 11 is 8.78. The lowest BCUT2D eigenvalue weighted by Gasteiger charge is -2.36. The third kappa shape index (κ3) is 4.77. The number of thiol groups is 2. The zero-order valence-corrected chi connectivity index (χ0v) is 15.1. The van der Waals surface area contributed by atoms with Gasteiger partial charge in [-0.1, -0.05) is 54.6 Å². The number of hydrogen-bond acceptors (Lipinski definition) is 4. The molecular formula is C19H24N2S2. The molecule has 1 fully saturated rings. The van der Waals surface area contributed by atoms with E-state index in [0.717, 1.165) is 39.1 Å². The van der Waals surface area contributed by atoms with Crippen molar-refractivity contribution in [2.45, 2.75) is 11.1 Å². The maximum absolute atomic E-state index is 4.39. The first-order chi connectivity index (χ1) is 11.2. The molecule has 0 aromatic heterocycles. The molecule has 0 N–H and O–H groups in total. The first-order valence-electron chi connectivity index (χ1n) is 8.19. The lowest BCUT2D eigenvalue weighted by atomic mass is 10.0. The van der Waals surface area contributed by atoms with Gasteiger partial charge in [-0.25, -0.2) is 0 Å². The van der Waals surface area contributed by atoms with Gasteiger partial charge in [0.25, 0.3) is 0 Å². The molecule has 0 atom stereocenters. The average Bonchev–Trinajstić information content (AvgIpc) is 2.61. The second-order valence-electron chi connectivity index (χ2n) is 6.04. The Balaban J connectivity index is 1.50. The van der Waals surface area contributed by atoms with Gasteiger partial charge in [0, 0.05) is 32.7 Å². The molecule has 2 aromatic rings. The molecule has 2 nitrogen and oxygen atoms in total. The van der Waals surface area contributed by atoms with Gasteiger partial charge in [0.15, 0.2) is 0 Å². The van der Waals surface area contributed by atoms with Crippen LogP contribution in [-0.2, 0) is 6.42 Å². The molecule has 0 aliphatic carbocycles. The summed E-state index contributed by atoms with van der Waals surface area (Å²) in [6, 6.07) is 19.5. The molecule has 1 aliphatic rings. The molecule has 0 radical (unpaired) electrons. The third-order valence-electron chi connectivity index (χ3n) is 4.51. The van der Waals surface area contributed by atoms with E-state index >= 15 is 0 Å². The van der Waals surface area contributed by atoms with Crippen LogP contribution < -0.4 is 0 Å². The van der Waals surface area contributed by atoms with Crippen LogP contribution in [0.25, 0.3) is 11.1 Å². The summed E-state index contributed by atoms with van der Waals surface area (Å²) in [6.45, 7) is 5.47. The van der Waals surface area contributed by atoms with Gasteiger partial charge in [0.2, 0.25) is 0 Å². The van der Waals surface area contributed by atoms with Crippen LogP contribution in [0.15, 0.2) is 54.6 Å². The lowest BCUT2D eigenvalue weighted by Crippen LogP contribution is -2.48. The minimum atomic E-state index is 0.0719. The minimum Gasteiger partial charge on any atom is -0.300 e. The molecule has 0 saturated carbocycles. The monoisotopic (exact) mass is 344 g/mol. The second kappa shape index (κ2) is 8.25. The zero-order valence-electron chi connectivity index (χ0n) is 13.3. The van der Waals surface area contributed by atoms with Crippen molar-refractivity contribution in [2.24, 2.45) is 0 Å². The topological polar surface area (TPSA) is 6.48 Å². The number of hydrogen-bond donors (Lipinski definition) is 2. The molecule has 3 rings (SSSR count). The molecule has 1 heterocycles. The Bertz CT molecular complexity index is 591. The van der Waals surface area contributed by atoms with Crippen molar-refractivity contribution in [1.29, 1.82) is 0 Å². The fraction of sp³-hybridized carbons (Fsp3) is 0.368. The fourth-order valence-electron chi connectivity index (χ4n) is 3.00. The van der Waals surface area contributed by atoms with Crippen molar-refractivity contribution in [3.05, 3.63) is 60.2 Å². The van der Waals surface area contributed by atoms with Gasteiger partial charge in [0.05, 0.1) is 4.71 Å². The molecule has 4 heteroatoms. The van der Waals surface area contributed by atoms with Crippen molar-refractivity contribution in [2.75, 3.05) is 32.7 Å². The molecule has 2 aromatic carbocycles. The smallest absolute Gasteiger partial charge is 0.0970 e. The summed E-state index contributed by atoms with van der Waals surface area (Å²) < 4.78 is 0.0719. The Morgan fingerprint density at radius 3 is 2.00 bits per heavy atom. The Morgan fingerprint density at radius 1 is 0.783 bits per heavy atom. The maximum Gasteiger partial charge on any atom is 0.0970 e. The summed E-state index contributed by atoms with van der Waals surface area (Å²) in [4.78, 5) is 4.84. The molecule has 0 unspecified atom stereocenters. The fourth-order valence-corrected chi connectivity index (χ4v) is 3.46. The van der Waals surface area contributed by atoms with E-state index < -0.39 is 0 Å². The molecule has 1 aliphatic heterocycles. The molecule has 1 saturated heterocycles. The highest BCUT2D eigenvalue weighted by Crippen LogP contribution is 2.19. The number of rotatable bonds is 5. The van der Waals surface area contributed by atoms with Crippen molar-refractivity contribution in [3.63, 3.8) is 0 Å². The van der Waals surface area contributed by atoms with Crippen LogP contribution in [0.5, 0.6) is 0 Å². The molecular weight excluding hydrogens is 320 g/mol. The Hall–Kier alpha value is -0.940. The third-order valence-corrected chi connectivity index (χ3v) is 5.16. The number of benzene rings is 2. The van der Waals surface area contributed by atoms with Crippen LogP contribution >= 0.6 is 25.3 Å². The Labute approximate surface area is 150 Å². The van der Waals surface area contributed by atoms with Gasteiger partial charge in [0.1, 0.15) is 0 Å². The summed E-state index contributed by atoms with van der Waals surface area (Å²) in [5.41, 5.74) is 3.98. The van der Waals surface area contributed by atoms with Crippen molar-refractivity contribution in [3.8, 4) is 11.1 Å². The second-order valence-corrected chi connectivity index (χ2v) is 7.42. The average molecular weight is 345 g/mol. The standard InChI is InChI=1S/C19H24N2S2/c22-19(23)21-14-12-20(13-15-21)11-10-16-6-8-18(9-7-16)17-4-2-1-3-5-17/h1-9,19,22-23H,10-15H2. The van der Waals surface area contributed by atoms with E-state index in [2.05, 4.69) is 89.7 Å². The Kier molecular flexibility index (Phi) is 6.06. The van der Waals surface area contributed by atoms with Gasteiger partial charge < -0.3 is 4.90 Å². The van der Waals surface area contributed by atoms with Gasteiger partial charge in [-0.05, 0) is 23.1 Å². The normalized spacial score (nSPS) is 16.8. The van der Waals surface area contributed by atoms with E-state index in [0.29, 0.717) is 0 Å². The molecule has 0 spiro atoms. The van der Waals surface area contributed by atoms with Crippen molar-refractivity contribution >= 4 is 25.3 Å². The first kappa shape index (κ1) is 16.9. The number of piperazine rings is 1. The molecule has 0 amide bonds. The molecule has 122 valence electrons. The van der Waals surface area contributed by atoms with Crippen LogP contribution in [-0.4, -0.2) is 47.2 Å². The van der Waals surface area contributed by atoms with Gasteiger partial charge in [-0.3, -0.25) is 4.90 Å². The van der Waals surface area contributed by atoms with Gasteiger partial charge in [-0.2, -0.15) is 0 Å². The van der Waals surface area contributed by atoms with Crippen LogP contribution in [0, 0.1) is 0 Å². The van der Waals surface area contributed by atoms with Gasteiger partial charge in [-0.15, -0.1) is 25.3 Å². The van der Waals surface area contributed by atoms with E-state index in [9.17, 15) is 0 Å². The van der Waals surface area contributed by atoms with Gasteiger partial charge >= 0.3 is 0 Å². The Morgan fingerprint density at radius 2 is 1.39 bits per heavy atom. The number of nitrogens with zero attached hydrogens (tertiary/aromatic N) is 2. The highest BCUT2D eigenvalue weighted by atomic mass is 32.2. The van der Waals surface area contributed by atoms with E-state index in [-0.39, 0.29) is 4.71 Å². The minimum absolute atomic E-state index is 0.0719. The van der Waals surface area contributed by atoms with Crippen molar-refractivity contribution < 1.29 is 0 Å². The highest BCUT2D eigenvalue weighted by molar-refractivity contribution is 7.99. The first-order valence-corrected chi connectivity index (χ1v) is 9.22. The van der Waals surface area contributed by atoms with Crippen LogP contribution in [0.3, 0.4) is 0 Å². The van der Waals surface area contributed by atoms with Crippen LogP contribution in [0.1, 0.15) is 5.56 Å².